The van der Waals surface area contributed by atoms with Gasteiger partial charge in [0.1, 0.15) is 5.54 Å². The van der Waals surface area contributed by atoms with Crippen molar-refractivity contribution in [3.63, 3.8) is 0 Å². The summed E-state index contributed by atoms with van der Waals surface area (Å²) < 4.78 is 38.6. The lowest BCUT2D eigenvalue weighted by Crippen LogP contribution is -2.47. The highest BCUT2D eigenvalue weighted by Crippen LogP contribution is 2.36. The lowest BCUT2D eigenvalue weighted by molar-refractivity contribution is -0.146. The van der Waals surface area contributed by atoms with E-state index in [1.807, 2.05) is 0 Å². The van der Waals surface area contributed by atoms with E-state index in [1.165, 1.54) is 25.1 Å². The van der Waals surface area contributed by atoms with Crippen LogP contribution in [0.5, 0.6) is 0 Å². The fourth-order valence-electron chi connectivity index (χ4n) is 1.81. The van der Waals surface area contributed by atoms with Crippen molar-refractivity contribution in [1.29, 1.82) is 0 Å². The lowest BCUT2D eigenvalue weighted by Gasteiger charge is -2.29. The van der Waals surface area contributed by atoms with Gasteiger partial charge in [-0.1, -0.05) is 25.1 Å². The molecule has 0 spiro atoms. The van der Waals surface area contributed by atoms with Crippen molar-refractivity contribution in [2.24, 2.45) is 0 Å². The van der Waals surface area contributed by atoms with Crippen molar-refractivity contribution < 1.29 is 23.1 Å². The molecule has 0 heterocycles. The van der Waals surface area contributed by atoms with Crippen molar-refractivity contribution in [2.45, 2.75) is 25.6 Å². The molecular weight excluding hydrogens is 247 g/mol. The summed E-state index contributed by atoms with van der Waals surface area (Å²) in [6, 6.07) is 4.69. The molecule has 0 aliphatic carbocycles. The second-order valence-corrected chi connectivity index (χ2v) is 4.00. The Morgan fingerprint density at radius 1 is 1.28 bits per heavy atom. The van der Waals surface area contributed by atoms with E-state index in [9.17, 15) is 23.1 Å². The van der Waals surface area contributed by atoms with E-state index in [1.54, 1.807) is 6.92 Å². The monoisotopic (exact) mass is 261 g/mol. The lowest BCUT2D eigenvalue weighted by atomic mass is 9.87. The summed E-state index contributed by atoms with van der Waals surface area (Å²) in [5.74, 6) is -1.35. The van der Waals surface area contributed by atoms with Gasteiger partial charge in [-0.3, -0.25) is 5.32 Å². The molecule has 0 fully saturated rings. The number of hydrogen-bond donors (Lipinski definition) is 2. The number of nitrogens with one attached hydrogen (secondary N) is 1. The van der Waals surface area contributed by atoms with Crippen molar-refractivity contribution in [1.82, 2.24) is 5.32 Å². The summed E-state index contributed by atoms with van der Waals surface area (Å²) in [6.45, 7) is 3.11. The molecule has 0 radical (unpaired) electrons. The molecule has 1 aromatic rings. The minimum Gasteiger partial charge on any atom is -0.480 e. The summed E-state index contributed by atoms with van der Waals surface area (Å²) in [7, 11) is 0. The van der Waals surface area contributed by atoms with Crippen molar-refractivity contribution in [2.75, 3.05) is 6.54 Å². The molecule has 0 aromatic heterocycles. The van der Waals surface area contributed by atoms with Crippen LogP contribution in [0.4, 0.5) is 13.2 Å². The number of aliphatic carboxylic acids is 1. The summed E-state index contributed by atoms with van der Waals surface area (Å²) in [5, 5.41) is 11.8. The third-order valence-electron chi connectivity index (χ3n) is 2.73. The maximum Gasteiger partial charge on any atom is 0.416 e. The van der Waals surface area contributed by atoms with Crippen LogP contribution in [-0.2, 0) is 16.5 Å². The summed E-state index contributed by atoms with van der Waals surface area (Å²) >= 11 is 0. The first-order chi connectivity index (χ1) is 8.23. The van der Waals surface area contributed by atoms with E-state index in [0.29, 0.717) is 0 Å². The number of benzene rings is 1. The highest BCUT2D eigenvalue weighted by atomic mass is 19.4. The second-order valence-electron chi connectivity index (χ2n) is 4.00. The Bertz CT molecular complexity index is 445. The van der Waals surface area contributed by atoms with Gasteiger partial charge < -0.3 is 5.11 Å². The smallest absolute Gasteiger partial charge is 0.416 e. The largest absolute Gasteiger partial charge is 0.480 e. The molecule has 6 heteroatoms. The molecule has 1 atom stereocenters. The number of halogens is 3. The average Bonchev–Trinajstić information content (AvgIpc) is 2.28. The molecule has 0 unspecified atom stereocenters. The third kappa shape index (κ3) is 2.64. The number of carbonyl (C=O) groups is 1. The van der Waals surface area contributed by atoms with E-state index >= 15 is 0 Å². The maximum atomic E-state index is 12.9. The van der Waals surface area contributed by atoms with Gasteiger partial charge in [0, 0.05) is 0 Å². The molecule has 0 aliphatic rings. The third-order valence-corrected chi connectivity index (χ3v) is 2.73. The first kappa shape index (κ1) is 14.5. The molecule has 1 rings (SSSR count). The van der Waals surface area contributed by atoms with E-state index < -0.39 is 23.2 Å². The van der Waals surface area contributed by atoms with Crippen LogP contribution >= 0.6 is 0 Å². The summed E-state index contributed by atoms with van der Waals surface area (Å²) in [5.41, 5.74) is -2.98. The Morgan fingerprint density at radius 2 is 1.78 bits per heavy atom. The van der Waals surface area contributed by atoms with E-state index in [0.717, 1.165) is 6.07 Å². The Kier molecular flexibility index (Phi) is 4.01. The van der Waals surface area contributed by atoms with Gasteiger partial charge in [0.15, 0.2) is 0 Å². The van der Waals surface area contributed by atoms with E-state index in [2.05, 4.69) is 5.32 Å². The molecule has 2 N–H and O–H groups in total. The van der Waals surface area contributed by atoms with E-state index in [-0.39, 0.29) is 12.1 Å². The molecule has 18 heavy (non-hydrogen) atoms. The van der Waals surface area contributed by atoms with Crippen LogP contribution in [0.15, 0.2) is 24.3 Å². The molecular formula is C12H14F3NO2. The minimum absolute atomic E-state index is 0.245. The Balaban J connectivity index is 3.43. The van der Waals surface area contributed by atoms with Crippen LogP contribution in [0.25, 0.3) is 0 Å². The predicted octanol–water partition coefficient (Wildman–Crippen LogP) is 2.61. The molecule has 0 aliphatic heterocycles. The zero-order valence-corrected chi connectivity index (χ0v) is 10.0. The number of carboxylic acids is 1. The van der Waals surface area contributed by atoms with Crippen LogP contribution in [0, 0.1) is 0 Å². The van der Waals surface area contributed by atoms with Gasteiger partial charge in [-0.2, -0.15) is 13.2 Å². The molecule has 0 saturated heterocycles. The number of carboxylic acid groups (broad SMARTS) is 1. The van der Waals surface area contributed by atoms with E-state index in [4.69, 9.17) is 0 Å². The summed E-state index contributed by atoms with van der Waals surface area (Å²) in [4.78, 5) is 11.3. The maximum absolute atomic E-state index is 12.9. The average molecular weight is 261 g/mol. The zero-order valence-electron chi connectivity index (χ0n) is 10.0. The fourth-order valence-corrected chi connectivity index (χ4v) is 1.81. The Labute approximate surface area is 103 Å². The van der Waals surface area contributed by atoms with Crippen molar-refractivity contribution in [3.05, 3.63) is 35.4 Å². The second kappa shape index (κ2) is 4.97. The molecule has 3 nitrogen and oxygen atoms in total. The Hall–Kier alpha value is -1.56. The SMILES string of the molecule is CCN[C@](C)(C(=O)O)c1ccccc1C(F)(F)F. The highest BCUT2D eigenvalue weighted by molar-refractivity contribution is 5.81. The fraction of sp³-hybridized carbons (Fsp3) is 0.417. The number of hydrogen-bond acceptors (Lipinski definition) is 2. The van der Waals surface area contributed by atoms with Crippen molar-refractivity contribution in [3.8, 4) is 0 Å². The highest BCUT2D eigenvalue weighted by Gasteiger charge is 2.42. The minimum atomic E-state index is -4.58. The van der Waals surface area contributed by atoms with Gasteiger partial charge in [0.25, 0.3) is 0 Å². The van der Waals surface area contributed by atoms with Gasteiger partial charge in [-0.25, -0.2) is 4.79 Å². The number of alkyl halides is 3. The Morgan fingerprint density at radius 3 is 2.17 bits per heavy atom. The molecule has 0 saturated carbocycles. The van der Waals surface area contributed by atoms with Crippen LogP contribution in [0.1, 0.15) is 25.0 Å². The van der Waals surface area contributed by atoms with Crippen molar-refractivity contribution >= 4 is 5.97 Å². The molecule has 100 valence electrons. The molecule has 0 bridgehead atoms. The first-order valence-electron chi connectivity index (χ1n) is 5.38. The van der Waals surface area contributed by atoms with Gasteiger partial charge in [-0.15, -0.1) is 0 Å². The van der Waals surface area contributed by atoms with Gasteiger partial charge in [0.05, 0.1) is 5.56 Å². The van der Waals surface area contributed by atoms with Gasteiger partial charge >= 0.3 is 12.1 Å². The summed E-state index contributed by atoms with van der Waals surface area (Å²) in [6.07, 6.45) is -4.58. The van der Waals surface area contributed by atoms with Crippen LogP contribution < -0.4 is 5.32 Å². The van der Waals surface area contributed by atoms with Crippen LogP contribution in [-0.4, -0.2) is 17.6 Å². The topological polar surface area (TPSA) is 49.3 Å². The standard InChI is InChI=1S/C12H14F3NO2/c1-3-16-11(2,10(17)18)8-6-4-5-7-9(8)12(13,14)15/h4-7,16H,3H2,1-2H3,(H,17,18)/t11-/m0/s1. The molecule has 0 amide bonds. The van der Waals surface area contributed by atoms with Gasteiger partial charge in [0.2, 0.25) is 0 Å². The van der Waals surface area contributed by atoms with Crippen LogP contribution in [0.3, 0.4) is 0 Å². The number of likely N-dealkylation sites (N-methyl/N-ethyl adjacent to an activating group) is 1. The van der Waals surface area contributed by atoms with Crippen LogP contribution in [0.2, 0.25) is 0 Å². The quantitative estimate of drug-likeness (QED) is 0.876. The molecule has 1 aromatic carbocycles. The normalized spacial score (nSPS) is 15.2. The number of rotatable bonds is 4. The first-order valence-corrected chi connectivity index (χ1v) is 5.38. The van der Waals surface area contributed by atoms with Gasteiger partial charge in [-0.05, 0) is 25.1 Å². The zero-order chi connectivity index (χ0) is 14.0. The predicted molar refractivity (Wildman–Crippen MR) is 60.1 cm³/mol.